The Labute approximate surface area is 268 Å². The minimum Gasteiger partial charge on any atom is -0.493 e. The molecule has 1 heterocycles. The van der Waals surface area contributed by atoms with Crippen molar-refractivity contribution in [1.29, 1.82) is 0 Å². The van der Waals surface area contributed by atoms with Gasteiger partial charge in [0.1, 0.15) is 6.10 Å². The highest BCUT2D eigenvalue weighted by Gasteiger charge is 2.36. The number of carbonyl (C=O) groups is 1. The molecule has 0 spiro atoms. The van der Waals surface area contributed by atoms with Crippen molar-refractivity contribution in [2.45, 2.75) is 76.5 Å². The van der Waals surface area contributed by atoms with Gasteiger partial charge in [-0.05, 0) is 77.7 Å². The molecule has 0 radical (unpaired) electrons. The van der Waals surface area contributed by atoms with Gasteiger partial charge in [-0.3, -0.25) is 9.69 Å². The summed E-state index contributed by atoms with van der Waals surface area (Å²) in [6.07, 6.45) is 8.17. The SMILES string of the molecule is CCCC(=O)O[C@@H]1CCN([C@@H]2CCCC[C@H]2OCCc2ccc(OC)c(OC)c2)C1.PPP(P)P(P(P)P)P(P)P. The molecule has 41 heavy (non-hydrogen) atoms. The first kappa shape index (κ1) is 40.1. The maximum atomic E-state index is 11.8. The lowest BCUT2D eigenvalue weighted by atomic mass is 9.91. The molecule has 1 saturated heterocycles. The molecule has 1 aromatic rings. The zero-order valence-electron chi connectivity index (χ0n) is 24.5. The molecule has 8 unspecified atom stereocenters. The van der Waals surface area contributed by atoms with E-state index in [9.17, 15) is 4.79 Å². The van der Waals surface area contributed by atoms with E-state index in [4.69, 9.17) is 18.9 Å². The average molecular weight is 773 g/mol. The molecule has 1 aromatic carbocycles. The topological polar surface area (TPSA) is 57.2 Å². The number of esters is 1. The molecule has 236 valence electrons. The number of carbonyl (C=O) groups excluding carboxylic acids is 1. The highest BCUT2D eigenvalue weighted by molar-refractivity contribution is 9.18. The summed E-state index contributed by atoms with van der Waals surface area (Å²) in [7, 11) is 22.2. The third-order valence-electron chi connectivity index (χ3n) is 6.97. The van der Waals surface area contributed by atoms with E-state index in [0.29, 0.717) is 19.1 Å². The van der Waals surface area contributed by atoms with E-state index in [1.54, 1.807) is 14.2 Å². The van der Waals surface area contributed by atoms with Gasteiger partial charge in [0.2, 0.25) is 0 Å². The Kier molecular flexibility index (Phi) is 22.0. The second-order valence-electron chi connectivity index (χ2n) is 9.85. The smallest absolute Gasteiger partial charge is 0.306 e. The summed E-state index contributed by atoms with van der Waals surface area (Å²) < 4.78 is 22.7. The quantitative estimate of drug-likeness (QED) is 0.139. The van der Waals surface area contributed by atoms with E-state index < -0.39 is 0 Å². The lowest BCUT2D eigenvalue weighted by Crippen LogP contribution is -2.46. The van der Waals surface area contributed by atoms with Crippen LogP contribution < -0.4 is 9.47 Å². The predicted molar refractivity (Wildman–Crippen MR) is 210 cm³/mol. The van der Waals surface area contributed by atoms with Crippen LogP contribution in [-0.4, -0.2) is 63.0 Å². The molecule has 1 aliphatic carbocycles. The van der Waals surface area contributed by atoms with Crippen LogP contribution in [0.1, 0.15) is 57.4 Å². The number of ether oxygens (including phenoxy) is 4. The second-order valence-corrected chi connectivity index (χ2v) is 48.9. The van der Waals surface area contributed by atoms with Crippen molar-refractivity contribution in [3.05, 3.63) is 23.8 Å². The first-order chi connectivity index (χ1) is 19.6. The van der Waals surface area contributed by atoms with E-state index in [0.717, 1.165) is 64.7 Å². The molecule has 0 bridgehead atoms. The molecule has 0 N–H and O–H groups in total. The Balaban J connectivity index is 0.000000454. The Morgan fingerprint density at radius 2 is 1.71 bits per heavy atom. The third-order valence-corrected chi connectivity index (χ3v) is 66.0. The van der Waals surface area contributed by atoms with Gasteiger partial charge in [0.25, 0.3) is 0 Å². The molecule has 1 saturated carbocycles. The fraction of sp³-hybridized carbons (Fsp3) is 0.708. The number of nitrogens with zero attached hydrogens (tertiary/aromatic N) is 1. The van der Waals surface area contributed by atoms with Crippen LogP contribution in [0.5, 0.6) is 11.5 Å². The Morgan fingerprint density at radius 1 is 1.02 bits per heavy atom. The van der Waals surface area contributed by atoms with Gasteiger partial charge in [-0.15, -0.1) is 53.6 Å². The monoisotopic (exact) mass is 773 g/mol. The van der Waals surface area contributed by atoms with Crippen molar-refractivity contribution in [2.24, 2.45) is 0 Å². The van der Waals surface area contributed by atoms with Crippen molar-refractivity contribution < 1.29 is 23.7 Å². The number of benzene rings is 1. The van der Waals surface area contributed by atoms with Crippen molar-refractivity contribution in [3.63, 3.8) is 0 Å². The Morgan fingerprint density at radius 3 is 2.29 bits per heavy atom. The summed E-state index contributed by atoms with van der Waals surface area (Å²) in [6, 6.07) is 6.47. The van der Waals surface area contributed by atoms with Crippen LogP contribution >= 0.6 is 89.5 Å². The molecular weight excluding hydrogens is 723 g/mol. The maximum absolute atomic E-state index is 11.8. The maximum Gasteiger partial charge on any atom is 0.306 e. The third kappa shape index (κ3) is 14.3. The summed E-state index contributed by atoms with van der Waals surface area (Å²) in [5, 5.41) is 0. The van der Waals surface area contributed by atoms with Gasteiger partial charge in [0, 0.05) is 25.6 Å². The van der Waals surface area contributed by atoms with Gasteiger partial charge in [0.05, 0.1) is 26.9 Å². The molecule has 1 aliphatic heterocycles. The fourth-order valence-corrected chi connectivity index (χ4v) is 100. The summed E-state index contributed by atoms with van der Waals surface area (Å²) in [6.45, 7) is 5.30. The van der Waals surface area contributed by atoms with Gasteiger partial charge < -0.3 is 18.9 Å². The lowest BCUT2D eigenvalue weighted by Gasteiger charge is -2.37. The summed E-state index contributed by atoms with van der Waals surface area (Å²) in [5.74, 6) is 1.44. The van der Waals surface area contributed by atoms with Crippen molar-refractivity contribution in [3.8, 4) is 11.5 Å². The standard InChI is InChI=1S/C24H37NO5.H13P11/c1-4-7-24(26)30-19-12-14-25(17-19)20-8-5-6-9-21(20)29-15-13-18-10-11-22(27-2)23(16-18)28-3;1-7-10(6)11(8(2)3)9(4)5/h10-11,16,19-21H,4-9,12-15,17H2,1-3H3;7H,1-6H2/t19-,20-,21-;/m1./s1. The number of hydrogen-bond acceptors (Lipinski definition) is 6. The van der Waals surface area contributed by atoms with Gasteiger partial charge >= 0.3 is 5.97 Å². The highest BCUT2D eigenvalue weighted by Crippen LogP contribution is 3.12. The van der Waals surface area contributed by atoms with Crippen LogP contribution in [0.25, 0.3) is 0 Å². The minimum atomic E-state index is -0.0595. The molecule has 2 fully saturated rings. The highest BCUT2D eigenvalue weighted by atomic mass is 33.2. The molecule has 11 atom stereocenters. The molecule has 3 rings (SSSR count). The van der Waals surface area contributed by atoms with E-state index >= 15 is 0 Å². The molecule has 0 amide bonds. The molecular formula is C24H50NO5P11. The number of rotatable bonds is 14. The minimum absolute atomic E-state index is 0.0402. The fourth-order valence-electron chi connectivity index (χ4n) is 5.05. The molecule has 2 aliphatic rings. The van der Waals surface area contributed by atoms with Gasteiger partial charge in [0.15, 0.2) is 11.5 Å². The van der Waals surface area contributed by atoms with Crippen LogP contribution in [0.3, 0.4) is 0 Å². The Hall–Kier alpha value is 2.94. The first-order valence-corrected chi connectivity index (χ1v) is 33.0. The average Bonchev–Trinajstić information content (AvgIpc) is 3.41. The molecule has 0 aromatic heterocycles. The molecule has 17 heteroatoms. The van der Waals surface area contributed by atoms with Gasteiger partial charge in [-0.1, -0.05) is 33.8 Å². The Bertz CT molecular complexity index is 896. The van der Waals surface area contributed by atoms with E-state index in [-0.39, 0.29) is 46.1 Å². The van der Waals surface area contributed by atoms with Crippen LogP contribution in [-0.2, 0) is 20.7 Å². The van der Waals surface area contributed by atoms with Crippen molar-refractivity contribution >= 4 is 95.4 Å². The second kappa shape index (κ2) is 22.5. The largest absolute Gasteiger partial charge is 0.493 e. The number of methoxy groups -OCH3 is 2. The van der Waals surface area contributed by atoms with E-state index in [2.05, 4.69) is 64.5 Å². The number of likely N-dealkylation sites (tertiary alicyclic amines) is 1. The van der Waals surface area contributed by atoms with Crippen LogP contribution in [0.15, 0.2) is 18.2 Å². The molecule has 6 nitrogen and oxygen atoms in total. The van der Waals surface area contributed by atoms with E-state index in [1.165, 1.54) is 18.4 Å². The summed E-state index contributed by atoms with van der Waals surface area (Å²) in [4.78, 5) is 14.3. The van der Waals surface area contributed by atoms with Crippen molar-refractivity contribution in [2.75, 3.05) is 33.9 Å². The lowest BCUT2D eigenvalue weighted by molar-refractivity contribution is -0.148. The first-order valence-electron chi connectivity index (χ1n) is 13.8. The van der Waals surface area contributed by atoms with Crippen LogP contribution in [0.4, 0.5) is 0 Å². The van der Waals surface area contributed by atoms with E-state index in [1.807, 2.05) is 19.1 Å². The van der Waals surface area contributed by atoms with Gasteiger partial charge in [-0.25, -0.2) is 0 Å². The predicted octanol–water partition coefficient (Wildman–Crippen LogP) is 9.98. The zero-order chi connectivity index (χ0) is 30.4. The van der Waals surface area contributed by atoms with Crippen LogP contribution in [0, 0.1) is 0 Å². The van der Waals surface area contributed by atoms with Gasteiger partial charge in [-0.2, -0.15) is 0 Å². The van der Waals surface area contributed by atoms with Crippen molar-refractivity contribution in [1.82, 2.24) is 4.90 Å². The normalized spacial score (nSPS) is 22.3. The summed E-state index contributed by atoms with van der Waals surface area (Å²) in [5.41, 5.74) is 1.18. The number of hydrogen-bond donors (Lipinski definition) is 0. The zero-order valence-corrected chi connectivity index (χ0v) is 36.0. The van der Waals surface area contributed by atoms with Crippen LogP contribution in [0.2, 0.25) is 0 Å². The summed E-state index contributed by atoms with van der Waals surface area (Å²) >= 11 is 0.